The standard InChI is InChI=1S/C9H7NO5S2/c11-10(12)8-4-3-7(15-8)6-17(13,14)9-2-1-5-16-9/h1-5H,6H2. The summed E-state index contributed by atoms with van der Waals surface area (Å²) < 4.78 is 28.7. The Labute approximate surface area is 101 Å². The molecule has 2 aromatic rings. The molecule has 0 aromatic carbocycles. The minimum absolute atomic E-state index is 0.0603. The summed E-state index contributed by atoms with van der Waals surface area (Å²) in [4.78, 5) is 9.67. The maximum atomic E-state index is 11.8. The van der Waals surface area contributed by atoms with Gasteiger partial charge in [-0.25, -0.2) is 8.42 Å². The van der Waals surface area contributed by atoms with Crippen molar-refractivity contribution in [1.29, 1.82) is 0 Å². The van der Waals surface area contributed by atoms with Gasteiger partial charge in [0.05, 0.1) is 6.07 Å². The Morgan fingerprint density at radius 2 is 2.12 bits per heavy atom. The van der Waals surface area contributed by atoms with Crippen LogP contribution in [-0.4, -0.2) is 13.3 Å². The number of nitrogens with zero attached hydrogens (tertiary/aromatic N) is 1. The second-order valence-electron chi connectivity index (χ2n) is 3.19. The van der Waals surface area contributed by atoms with Gasteiger partial charge in [0.2, 0.25) is 0 Å². The molecular weight excluding hydrogens is 266 g/mol. The van der Waals surface area contributed by atoms with Gasteiger partial charge >= 0.3 is 5.88 Å². The lowest BCUT2D eigenvalue weighted by Gasteiger charge is -1.97. The minimum atomic E-state index is -3.48. The van der Waals surface area contributed by atoms with Gasteiger partial charge in [-0.3, -0.25) is 10.1 Å². The van der Waals surface area contributed by atoms with Crippen LogP contribution >= 0.6 is 11.3 Å². The minimum Gasteiger partial charge on any atom is -0.405 e. The van der Waals surface area contributed by atoms with Crippen molar-refractivity contribution in [2.75, 3.05) is 0 Å². The molecule has 0 aliphatic carbocycles. The summed E-state index contributed by atoms with van der Waals surface area (Å²) >= 11 is 1.10. The van der Waals surface area contributed by atoms with Crippen molar-refractivity contribution in [3.05, 3.63) is 45.5 Å². The molecule has 2 aromatic heterocycles. The van der Waals surface area contributed by atoms with Crippen LogP contribution in [0, 0.1) is 10.1 Å². The molecule has 2 heterocycles. The molecule has 0 atom stereocenters. The molecule has 0 radical (unpaired) electrons. The third kappa shape index (κ3) is 2.53. The van der Waals surface area contributed by atoms with Gasteiger partial charge in [-0.05, 0) is 17.5 Å². The summed E-state index contributed by atoms with van der Waals surface area (Å²) in [5.41, 5.74) is 0. The van der Waals surface area contributed by atoms with Gasteiger partial charge in [0.1, 0.15) is 20.6 Å². The van der Waals surface area contributed by atoms with E-state index >= 15 is 0 Å². The highest BCUT2D eigenvalue weighted by Crippen LogP contribution is 2.23. The summed E-state index contributed by atoms with van der Waals surface area (Å²) in [6.45, 7) is 0. The molecule has 0 spiro atoms. The zero-order chi connectivity index (χ0) is 12.5. The topological polar surface area (TPSA) is 90.4 Å². The molecule has 8 heteroatoms. The third-order valence-electron chi connectivity index (χ3n) is 1.96. The maximum absolute atomic E-state index is 11.8. The van der Waals surface area contributed by atoms with E-state index in [-0.39, 0.29) is 15.7 Å². The molecule has 17 heavy (non-hydrogen) atoms. The van der Waals surface area contributed by atoms with Crippen LogP contribution in [0.1, 0.15) is 5.76 Å². The van der Waals surface area contributed by atoms with Crippen LogP contribution in [0.5, 0.6) is 0 Å². The Kier molecular flexibility index (Phi) is 2.99. The molecule has 6 nitrogen and oxygen atoms in total. The number of thiophene rings is 1. The summed E-state index contributed by atoms with van der Waals surface area (Å²) in [5, 5.41) is 12.0. The highest BCUT2D eigenvalue weighted by Gasteiger charge is 2.20. The van der Waals surface area contributed by atoms with Crippen molar-refractivity contribution in [3.8, 4) is 0 Å². The Morgan fingerprint density at radius 1 is 1.35 bits per heavy atom. The maximum Gasteiger partial charge on any atom is 0.433 e. The van der Waals surface area contributed by atoms with Crippen LogP contribution < -0.4 is 0 Å². The van der Waals surface area contributed by atoms with E-state index in [0.29, 0.717) is 0 Å². The lowest BCUT2D eigenvalue weighted by molar-refractivity contribution is -0.402. The highest BCUT2D eigenvalue weighted by atomic mass is 32.2. The molecule has 0 N–H and O–H groups in total. The van der Waals surface area contributed by atoms with E-state index < -0.39 is 20.6 Å². The van der Waals surface area contributed by atoms with Crippen molar-refractivity contribution in [2.24, 2.45) is 0 Å². The van der Waals surface area contributed by atoms with Crippen molar-refractivity contribution in [3.63, 3.8) is 0 Å². The molecular formula is C9H7NO5S2. The molecule has 0 fully saturated rings. The third-order valence-corrected chi connectivity index (χ3v) is 5.09. The number of hydrogen-bond acceptors (Lipinski definition) is 6. The number of rotatable bonds is 4. The van der Waals surface area contributed by atoms with Gasteiger partial charge in [-0.2, -0.15) is 0 Å². The van der Waals surface area contributed by atoms with E-state index in [1.54, 1.807) is 11.4 Å². The van der Waals surface area contributed by atoms with Crippen LogP contribution in [0.2, 0.25) is 0 Å². The molecule has 0 aliphatic heterocycles. The molecule has 0 bridgehead atoms. The largest absolute Gasteiger partial charge is 0.433 e. The first-order valence-corrected chi connectivity index (χ1v) is 7.01. The quantitative estimate of drug-likeness (QED) is 0.629. The molecule has 0 amide bonds. The Hall–Kier alpha value is -1.67. The van der Waals surface area contributed by atoms with E-state index in [2.05, 4.69) is 0 Å². The van der Waals surface area contributed by atoms with Crippen LogP contribution in [0.25, 0.3) is 0 Å². The highest BCUT2D eigenvalue weighted by molar-refractivity contribution is 7.92. The van der Waals surface area contributed by atoms with Gasteiger partial charge < -0.3 is 4.42 Å². The lowest BCUT2D eigenvalue weighted by atomic mass is 10.5. The number of nitro groups is 1. The van der Waals surface area contributed by atoms with Gasteiger partial charge in [-0.1, -0.05) is 6.07 Å². The van der Waals surface area contributed by atoms with Gasteiger partial charge in [0.15, 0.2) is 9.84 Å². The van der Waals surface area contributed by atoms with Crippen LogP contribution in [0.3, 0.4) is 0 Å². The first-order chi connectivity index (χ1) is 7.99. The first kappa shape index (κ1) is 11.8. The average Bonchev–Trinajstić information content (AvgIpc) is 2.85. The molecule has 90 valence electrons. The zero-order valence-corrected chi connectivity index (χ0v) is 10.0. The number of hydrogen-bond donors (Lipinski definition) is 0. The van der Waals surface area contributed by atoms with E-state index in [0.717, 1.165) is 17.4 Å². The summed E-state index contributed by atoms with van der Waals surface area (Å²) in [5.74, 6) is -0.770. The summed E-state index contributed by atoms with van der Waals surface area (Å²) in [6, 6.07) is 5.54. The number of sulfone groups is 1. The number of furan rings is 1. The fraction of sp³-hybridized carbons (Fsp3) is 0.111. The van der Waals surface area contributed by atoms with E-state index in [9.17, 15) is 18.5 Å². The zero-order valence-electron chi connectivity index (χ0n) is 8.40. The van der Waals surface area contributed by atoms with Gasteiger partial charge in [0.25, 0.3) is 0 Å². The average molecular weight is 273 g/mol. The van der Waals surface area contributed by atoms with E-state index in [1.807, 2.05) is 0 Å². The Bertz CT molecular complexity index is 626. The fourth-order valence-corrected chi connectivity index (χ4v) is 3.58. The Balaban J connectivity index is 2.24. The van der Waals surface area contributed by atoms with E-state index in [4.69, 9.17) is 4.42 Å². The Morgan fingerprint density at radius 3 is 2.65 bits per heavy atom. The predicted molar refractivity (Wildman–Crippen MR) is 60.6 cm³/mol. The van der Waals surface area contributed by atoms with Crippen LogP contribution in [-0.2, 0) is 15.6 Å². The predicted octanol–water partition coefficient (Wildman–Crippen LogP) is 2.22. The van der Waals surface area contributed by atoms with Gasteiger partial charge in [-0.15, -0.1) is 11.3 Å². The molecule has 0 saturated carbocycles. The molecule has 0 aliphatic rings. The van der Waals surface area contributed by atoms with Gasteiger partial charge in [0, 0.05) is 0 Å². The molecule has 0 saturated heterocycles. The SMILES string of the molecule is O=[N+]([O-])c1ccc(CS(=O)(=O)c2cccs2)o1. The normalized spacial score (nSPS) is 11.5. The monoisotopic (exact) mass is 273 g/mol. The second-order valence-corrected chi connectivity index (χ2v) is 6.35. The molecule has 2 rings (SSSR count). The van der Waals surface area contributed by atoms with Crippen LogP contribution in [0.4, 0.5) is 5.88 Å². The molecule has 0 unspecified atom stereocenters. The van der Waals surface area contributed by atoms with Crippen molar-refractivity contribution < 1.29 is 17.8 Å². The lowest BCUT2D eigenvalue weighted by Crippen LogP contribution is -2.01. The smallest absolute Gasteiger partial charge is 0.405 e. The fourth-order valence-electron chi connectivity index (χ4n) is 1.24. The summed E-state index contributed by atoms with van der Waals surface area (Å²) in [7, 11) is -3.48. The second kappa shape index (κ2) is 4.30. The first-order valence-electron chi connectivity index (χ1n) is 4.48. The van der Waals surface area contributed by atoms with Crippen molar-refractivity contribution in [1.82, 2.24) is 0 Å². The summed E-state index contributed by atoms with van der Waals surface area (Å²) in [6.07, 6.45) is 0. The van der Waals surface area contributed by atoms with Crippen LogP contribution in [0.15, 0.2) is 38.3 Å². The van der Waals surface area contributed by atoms with Crippen molar-refractivity contribution >= 4 is 27.1 Å². The van der Waals surface area contributed by atoms with Crippen molar-refractivity contribution in [2.45, 2.75) is 9.96 Å². The van der Waals surface area contributed by atoms with E-state index in [1.165, 1.54) is 12.1 Å².